The lowest BCUT2D eigenvalue weighted by atomic mass is 10.1. The van der Waals surface area contributed by atoms with Crippen LogP contribution in [0.15, 0.2) is 54.9 Å². The van der Waals surface area contributed by atoms with Gasteiger partial charge in [-0.15, -0.1) is 0 Å². The minimum absolute atomic E-state index is 0.0740. The topological polar surface area (TPSA) is 94.6 Å². The lowest BCUT2D eigenvalue weighted by Gasteiger charge is -2.14. The van der Waals surface area contributed by atoms with Gasteiger partial charge in [0.25, 0.3) is 10.0 Å². The molecule has 0 atom stereocenters. The Bertz CT molecular complexity index is 1410. The number of pyridine rings is 1. The van der Waals surface area contributed by atoms with Crippen molar-refractivity contribution in [2.45, 2.75) is 39.0 Å². The largest absolute Gasteiger partial charge is 0.492 e. The Morgan fingerprint density at radius 3 is 2.64 bits per heavy atom. The zero-order valence-corrected chi connectivity index (χ0v) is 21.4. The van der Waals surface area contributed by atoms with E-state index in [9.17, 15) is 8.42 Å². The summed E-state index contributed by atoms with van der Waals surface area (Å²) in [5.41, 5.74) is 3.21. The standard InChI is InChI=1S/C26H32N6O3S/c1-2-3-17-36(33,34)31-20-22(19-27-31)24-7-6-8-26-28-25(29-32(24)26)18-21-9-11-23(12-10-21)35-16-15-30-13-4-5-14-30/h6-12,19-20H,2-5,13-18H2,1H3. The van der Waals surface area contributed by atoms with Crippen molar-refractivity contribution in [1.82, 2.24) is 28.7 Å². The first-order valence-corrected chi connectivity index (χ1v) is 14.2. The molecule has 4 heterocycles. The molecule has 1 aromatic carbocycles. The lowest BCUT2D eigenvalue weighted by Crippen LogP contribution is -2.25. The fourth-order valence-corrected chi connectivity index (χ4v) is 5.74. The van der Waals surface area contributed by atoms with Gasteiger partial charge in [0.1, 0.15) is 12.4 Å². The number of likely N-dealkylation sites (tertiary alicyclic amines) is 1. The van der Waals surface area contributed by atoms with Crippen LogP contribution >= 0.6 is 0 Å². The van der Waals surface area contributed by atoms with Crippen molar-refractivity contribution in [3.05, 3.63) is 66.2 Å². The molecular weight excluding hydrogens is 476 g/mol. The Morgan fingerprint density at radius 2 is 1.86 bits per heavy atom. The second-order valence-corrected chi connectivity index (χ2v) is 11.1. The van der Waals surface area contributed by atoms with Gasteiger partial charge in [0.15, 0.2) is 11.5 Å². The van der Waals surface area contributed by atoms with E-state index in [1.54, 1.807) is 16.9 Å². The van der Waals surface area contributed by atoms with E-state index in [1.165, 1.54) is 25.9 Å². The summed E-state index contributed by atoms with van der Waals surface area (Å²) in [5, 5.41) is 8.81. The van der Waals surface area contributed by atoms with Crippen LogP contribution in [0.2, 0.25) is 0 Å². The number of ether oxygens (including phenoxy) is 1. The van der Waals surface area contributed by atoms with Gasteiger partial charge < -0.3 is 4.74 Å². The van der Waals surface area contributed by atoms with Crippen LogP contribution in [-0.4, -0.2) is 69.1 Å². The molecular formula is C26H32N6O3S. The molecule has 36 heavy (non-hydrogen) atoms. The summed E-state index contributed by atoms with van der Waals surface area (Å²) in [5.74, 6) is 1.63. The van der Waals surface area contributed by atoms with Gasteiger partial charge >= 0.3 is 0 Å². The molecule has 3 aromatic heterocycles. The monoisotopic (exact) mass is 508 g/mol. The van der Waals surface area contributed by atoms with Gasteiger partial charge in [0.2, 0.25) is 0 Å². The highest BCUT2D eigenvalue weighted by atomic mass is 32.2. The van der Waals surface area contributed by atoms with Crippen molar-refractivity contribution in [3.8, 4) is 17.0 Å². The highest BCUT2D eigenvalue weighted by Gasteiger charge is 2.17. The summed E-state index contributed by atoms with van der Waals surface area (Å²) >= 11 is 0. The van der Waals surface area contributed by atoms with Crippen LogP contribution in [0, 0.1) is 0 Å². The van der Waals surface area contributed by atoms with Crippen LogP contribution in [-0.2, 0) is 16.4 Å². The Morgan fingerprint density at radius 1 is 1.06 bits per heavy atom. The molecule has 0 amide bonds. The van der Waals surface area contributed by atoms with E-state index in [-0.39, 0.29) is 5.75 Å². The number of benzene rings is 1. The molecule has 0 unspecified atom stereocenters. The fourth-order valence-electron chi connectivity index (χ4n) is 4.44. The number of aromatic nitrogens is 5. The van der Waals surface area contributed by atoms with E-state index in [2.05, 4.69) is 15.0 Å². The molecule has 1 aliphatic rings. The van der Waals surface area contributed by atoms with Crippen LogP contribution in [0.3, 0.4) is 0 Å². The second-order valence-electron chi connectivity index (χ2n) is 9.20. The van der Waals surface area contributed by atoms with Crippen LogP contribution in [0.1, 0.15) is 44.0 Å². The molecule has 0 radical (unpaired) electrons. The second kappa shape index (κ2) is 10.8. The van der Waals surface area contributed by atoms with E-state index in [4.69, 9.17) is 9.84 Å². The number of rotatable bonds is 11. The number of fused-ring (bicyclic) bond motifs is 1. The fraction of sp³-hybridized carbons (Fsp3) is 0.423. The van der Waals surface area contributed by atoms with E-state index in [0.29, 0.717) is 36.5 Å². The predicted octanol–water partition coefficient (Wildman–Crippen LogP) is 3.64. The van der Waals surface area contributed by atoms with Crippen molar-refractivity contribution < 1.29 is 13.2 Å². The normalized spacial score (nSPS) is 14.6. The van der Waals surface area contributed by atoms with Crippen molar-refractivity contribution in [2.24, 2.45) is 0 Å². The number of nitrogens with zero attached hydrogens (tertiary/aromatic N) is 6. The molecule has 0 bridgehead atoms. The summed E-state index contributed by atoms with van der Waals surface area (Å²) in [6.45, 7) is 5.99. The van der Waals surface area contributed by atoms with Crippen molar-refractivity contribution in [3.63, 3.8) is 0 Å². The Kier molecular flexibility index (Phi) is 7.33. The average Bonchev–Trinajstić information content (AvgIpc) is 3.64. The summed E-state index contributed by atoms with van der Waals surface area (Å²) in [6.07, 6.45) is 7.68. The van der Waals surface area contributed by atoms with Gasteiger partial charge in [-0.25, -0.2) is 17.9 Å². The quantitative estimate of drug-likeness (QED) is 0.305. The molecule has 190 valence electrons. The third-order valence-corrected chi connectivity index (χ3v) is 8.04. The number of unbranched alkanes of at least 4 members (excludes halogenated alkanes) is 1. The maximum atomic E-state index is 12.5. The van der Waals surface area contributed by atoms with E-state index in [1.807, 2.05) is 49.4 Å². The summed E-state index contributed by atoms with van der Waals surface area (Å²) in [6, 6.07) is 13.7. The van der Waals surface area contributed by atoms with Gasteiger partial charge in [-0.05, 0) is 62.2 Å². The van der Waals surface area contributed by atoms with E-state index in [0.717, 1.165) is 34.1 Å². The molecule has 1 fully saturated rings. The number of hydrogen-bond donors (Lipinski definition) is 0. The molecule has 0 saturated carbocycles. The molecule has 10 heteroatoms. The number of hydrogen-bond acceptors (Lipinski definition) is 7. The average molecular weight is 509 g/mol. The minimum Gasteiger partial charge on any atom is -0.492 e. The summed E-state index contributed by atoms with van der Waals surface area (Å²) in [4.78, 5) is 7.11. The van der Waals surface area contributed by atoms with Gasteiger partial charge in [-0.3, -0.25) is 4.90 Å². The lowest BCUT2D eigenvalue weighted by molar-refractivity contribution is 0.238. The first kappa shape index (κ1) is 24.5. The molecule has 5 rings (SSSR count). The Labute approximate surface area is 211 Å². The first-order chi connectivity index (χ1) is 17.5. The molecule has 1 saturated heterocycles. The maximum Gasteiger partial charge on any atom is 0.253 e. The van der Waals surface area contributed by atoms with Gasteiger partial charge in [-0.2, -0.15) is 14.3 Å². The predicted molar refractivity (Wildman–Crippen MR) is 139 cm³/mol. The highest BCUT2D eigenvalue weighted by Crippen LogP contribution is 2.21. The molecule has 0 N–H and O–H groups in total. The van der Waals surface area contributed by atoms with Crippen molar-refractivity contribution in [2.75, 3.05) is 32.0 Å². The van der Waals surface area contributed by atoms with Crippen LogP contribution in [0.5, 0.6) is 5.75 Å². The third-order valence-electron chi connectivity index (χ3n) is 6.46. The van der Waals surface area contributed by atoms with Crippen LogP contribution in [0.4, 0.5) is 0 Å². The van der Waals surface area contributed by atoms with Gasteiger partial charge in [0, 0.05) is 18.5 Å². The molecule has 1 aliphatic heterocycles. The Balaban J connectivity index is 1.27. The Hall–Kier alpha value is -3.24. The molecule has 9 nitrogen and oxygen atoms in total. The minimum atomic E-state index is -3.46. The van der Waals surface area contributed by atoms with Crippen molar-refractivity contribution in [1.29, 1.82) is 0 Å². The van der Waals surface area contributed by atoms with Gasteiger partial charge in [-0.1, -0.05) is 31.5 Å². The van der Waals surface area contributed by atoms with Gasteiger partial charge in [0.05, 0.1) is 23.8 Å². The smallest absolute Gasteiger partial charge is 0.253 e. The van der Waals surface area contributed by atoms with E-state index >= 15 is 0 Å². The molecule has 0 spiro atoms. The van der Waals surface area contributed by atoms with Crippen LogP contribution in [0.25, 0.3) is 16.9 Å². The first-order valence-electron chi connectivity index (χ1n) is 12.6. The maximum absolute atomic E-state index is 12.5. The summed E-state index contributed by atoms with van der Waals surface area (Å²) < 4.78 is 33.7. The SMILES string of the molecule is CCCCS(=O)(=O)n1cc(-c2cccc3nc(Cc4ccc(OCCN5CCCC5)cc4)nn23)cn1. The molecule has 0 aliphatic carbocycles. The zero-order valence-electron chi connectivity index (χ0n) is 20.6. The van der Waals surface area contributed by atoms with Crippen LogP contribution < -0.4 is 4.74 Å². The highest BCUT2D eigenvalue weighted by molar-refractivity contribution is 7.89. The third kappa shape index (κ3) is 5.60. The molecule has 4 aromatic rings. The van der Waals surface area contributed by atoms with Crippen molar-refractivity contribution >= 4 is 15.7 Å². The van der Waals surface area contributed by atoms with E-state index < -0.39 is 10.0 Å². The summed E-state index contributed by atoms with van der Waals surface area (Å²) in [7, 11) is -3.46. The zero-order chi connectivity index (χ0) is 25.0.